The lowest BCUT2D eigenvalue weighted by Crippen LogP contribution is -2.38. The quantitative estimate of drug-likeness (QED) is 0.812. The molecule has 2 aromatic carbocycles. The summed E-state index contributed by atoms with van der Waals surface area (Å²) in [6.07, 6.45) is 0.402. The summed E-state index contributed by atoms with van der Waals surface area (Å²) in [6, 6.07) is 16.8. The van der Waals surface area contributed by atoms with Gasteiger partial charge in [0, 0.05) is 24.7 Å². The van der Waals surface area contributed by atoms with Crippen LogP contribution in [0.2, 0.25) is 0 Å². The lowest BCUT2D eigenvalue weighted by molar-refractivity contribution is -0.128. The van der Waals surface area contributed by atoms with E-state index in [-0.39, 0.29) is 18.1 Å². The van der Waals surface area contributed by atoms with Crippen LogP contribution < -0.4 is 9.64 Å². The highest BCUT2D eigenvalue weighted by atomic mass is 16.5. The number of hydrogen-bond acceptors (Lipinski definition) is 3. The Morgan fingerprint density at radius 3 is 2.43 bits per heavy atom. The maximum absolute atomic E-state index is 11.9. The Balaban J connectivity index is 1.80. The van der Waals surface area contributed by atoms with Gasteiger partial charge >= 0.3 is 0 Å². The lowest BCUT2D eigenvalue weighted by atomic mass is 10.1. The minimum atomic E-state index is -0.150. The Labute approximate surface area is 123 Å². The Morgan fingerprint density at radius 2 is 1.67 bits per heavy atom. The summed E-state index contributed by atoms with van der Waals surface area (Å²) < 4.78 is 5.76. The van der Waals surface area contributed by atoms with Crippen molar-refractivity contribution in [3.63, 3.8) is 0 Å². The van der Waals surface area contributed by atoms with E-state index < -0.39 is 0 Å². The van der Waals surface area contributed by atoms with Gasteiger partial charge in [-0.25, -0.2) is 0 Å². The first kappa shape index (κ1) is 13.4. The third-order valence-electron chi connectivity index (χ3n) is 3.37. The van der Waals surface area contributed by atoms with Crippen LogP contribution in [0.15, 0.2) is 54.6 Å². The van der Waals surface area contributed by atoms with E-state index in [4.69, 9.17) is 4.74 Å². The van der Waals surface area contributed by atoms with Crippen LogP contribution in [0.1, 0.15) is 12.8 Å². The van der Waals surface area contributed by atoms with Crippen LogP contribution in [-0.4, -0.2) is 18.2 Å². The fourth-order valence-corrected chi connectivity index (χ4v) is 2.33. The molecule has 4 heteroatoms. The highest BCUT2D eigenvalue weighted by Crippen LogP contribution is 2.27. The topological polar surface area (TPSA) is 46.6 Å². The molecular weight excluding hydrogens is 266 g/mol. The van der Waals surface area contributed by atoms with Crippen molar-refractivity contribution in [2.24, 2.45) is 0 Å². The zero-order valence-electron chi connectivity index (χ0n) is 11.5. The maximum atomic E-state index is 11.9. The normalized spacial score (nSPS) is 15.1. The smallest absolute Gasteiger partial charge is 0.234 e. The van der Waals surface area contributed by atoms with Crippen LogP contribution >= 0.6 is 0 Å². The second-order valence-corrected chi connectivity index (χ2v) is 4.92. The van der Waals surface area contributed by atoms with E-state index in [9.17, 15) is 9.59 Å². The van der Waals surface area contributed by atoms with Gasteiger partial charge in [0.15, 0.2) is 0 Å². The van der Waals surface area contributed by atoms with Crippen LogP contribution in [0, 0.1) is 0 Å². The van der Waals surface area contributed by atoms with Crippen molar-refractivity contribution in [3.8, 4) is 11.5 Å². The van der Waals surface area contributed by atoms with Crippen molar-refractivity contribution in [1.29, 1.82) is 0 Å². The standard InChI is InChI=1S/C17H15NO3/c19-14-9-10-18(17(20)12-14)13-5-4-8-16(11-13)21-15-6-2-1-3-7-15/h1-8,11H,9-10,12H2. The molecule has 0 spiro atoms. The predicted octanol–water partition coefficient (Wildman–Crippen LogP) is 3.17. The van der Waals surface area contributed by atoms with Crippen LogP contribution in [-0.2, 0) is 9.59 Å². The summed E-state index contributed by atoms with van der Waals surface area (Å²) in [5.41, 5.74) is 0.765. The zero-order chi connectivity index (χ0) is 14.7. The molecular formula is C17H15NO3. The number of benzene rings is 2. The largest absolute Gasteiger partial charge is 0.457 e. The lowest BCUT2D eigenvalue weighted by Gasteiger charge is -2.26. The Hall–Kier alpha value is -2.62. The minimum absolute atomic E-state index is 0.00735. The van der Waals surface area contributed by atoms with Crippen molar-refractivity contribution in [1.82, 2.24) is 0 Å². The van der Waals surface area contributed by atoms with Gasteiger partial charge in [0.05, 0.1) is 6.42 Å². The SMILES string of the molecule is O=C1CCN(c2cccc(Oc3ccccc3)c2)C(=O)C1. The fraction of sp³-hybridized carbons (Fsp3) is 0.176. The molecule has 3 rings (SSSR count). The first-order valence-electron chi connectivity index (χ1n) is 6.87. The first-order chi connectivity index (χ1) is 10.2. The van der Waals surface area contributed by atoms with Gasteiger partial charge in [-0.2, -0.15) is 0 Å². The minimum Gasteiger partial charge on any atom is -0.457 e. The summed E-state index contributed by atoms with van der Waals surface area (Å²) in [5.74, 6) is 1.27. The third kappa shape index (κ3) is 3.11. The number of ether oxygens (including phenoxy) is 1. The van der Waals surface area contributed by atoms with Crippen molar-refractivity contribution in [2.75, 3.05) is 11.4 Å². The molecule has 0 N–H and O–H groups in total. The molecule has 1 amide bonds. The van der Waals surface area contributed by atoms with Gasteiger partial charge in [0.25, 0.3) is 0 Å². The maximum Gasteiger partial charge on any atom is 0.234 e. The summed E-state index contributed by atoms with van der Waals surface area (Å²) >= 11 is 0. The molecule has 0 unspecified atom stereocenters. The van der Waals surface area contributed by atoms with Crippen LogP contribution in [0.4, 0.5) is 5.69 Å². The van der Waals surface area contributed by atoms with Crippen molar-refractivity contribution in [2.45, 2.75) is 12.8 Å². The zero-order valence-corrected chi connectivity index (χ0v) is 11.5. The molecule has 1 aliphatic rings. The highest BCUT2D eigenvalue weighted by molar-refractivity contribution is 6.08. The first-order valence-corrected chi connectivity index (χ1v) is 6.87. The number of carbonyl (C=O) groups is 2. The molecule has 0 aliphatic carbocycles. The van der Waals surface area contributed by atoms with E-state index in [1.807, 2.05) is 54.6 Å². The molecule has 1 saturated heterocycles. The van der Waals surface area contributed by atoms with Crippen molar-refractivity contribution >= 4 is 17.4 Å². The van der Waals surface area contributed by atoms with E-state index in [1.165, 1.54) is 0 Å². The predicted molar refractivity (Wildman–Crippen MR) is 79.6 cm³/mol. The van der Waals surface area contributed by atoms with Crippen LogP contribution in [0.25, 0.3) is 0 Å². The monoisotopic (exact) mass is 281 g/mol. The van der Waals surface area contributed by atoms with Gasteiger partial charge in [-0.05, 0) is 24.3 Å². The molecule has 106 valence electrons. The number of carbonyl (C=O) groups excluding carboxylic acids is 2. The highest BCUT2D eigenvalue weighted by Gasteiger charge is 2.24. The van der Waals surface area contributed by atoms with Crippen molar-refractivity contribution in [3.05, 3.63) is 54.6 Å². The molecule has 21 heavy (non-hydrogen) atoms. The molecule has 0 aromatic heterocycles. The number of hydrogen-bond donors (Lipinski definition) is 0. The van der Waals surface area contributed by atoms with E-state index in [0.717, 1.165) is 11.4 Å². The van der Waals surface area contributed by atoms with Crippen LogP contribution in [0.3, 0.4) is 0 Å². The van der Waals surface area contributed by atoms with Crippen molar-refractivity contribution < 1.29 is 14.3 Å². The second kappa shape index (κ2) is 5.79. The van der Waals surface area contributed by atoms with E-state index in [0.29, 0.717) is 18.7 Å². The number of anilines is 1. The Bertz CT molecular complexity index is 667. The molecule has 0 saturated carbocycles. The van der Waals surface area contributed by atoms with Gasteiger partial charge in [0.1, 0.15) is 17.3 Å². The van der Waals surface area contributed by atoms with E-state index in [1.54, 1.807) is 4.90 Å². The third-order valence-corrected chi connectivity index (χ3v) is 3.37. The summed E-state index contributed by atoms with van der Waals surface area (Å²) in [7, 11) is 0. The number of nitrogens with zero attached hydrogens (tertiary/aromatic N) is 1. The van der Waals surface area contributed by atoms with E-state index >= 15 is 0 Å². The van der Waals surface area contributed by atoms with Crippen LogP contribution in [0.5, 0.6) is 11.5 Å². The average Bonchev–Trinajstić information content (AvgIpc) is 2.48. The molecule has 0 radical (unpaired) electrons. The number of Topliss-reactive ketones (excluding diaryl/α,β-unsaturated/α-hetero) is 1. The Morgan fingerprint density at radius 1 is 0.905 bits per heavy atom. The van der Waals surface area contributed by atoms with Gasteiger partial charge < -0.3 is 9.64 Å². The van der Waals surface area contributed by atoms with Gasteiger partial charge in [0.2, 0.25) is 5.91 Å². The molecule has 4 nitrogen and oxygen atoms in total. The summed E-state index contributed by atoms with van der Waals surface area (Å²) in [5, 5.41) is 0. The molecule has 0 bridgehead atoms. The summed E-state index contributed by atoms with van der Waals surface area (Å²) in [6.45, 7) is 0.437. The Kier molecular flexibility index (Phi) is 3.69. The number of rotatable bonds is 3. The second-order valence-electron chi connectivity index (χ2n) is 4.92. The number of amides is 1. The molecule has 0 atom stereocenters. The number of ketones is 1. The number of para-hydroxylation sites is 1. The van der Waals surface area contributed by atoms with E-state index in [2.05, 4.69) is 0 Å². The number of piperidine rings is 1. The molecule has 1 fully saturated rings. The average molecular weight is 281 g/mol. The summed E-state index contributed by atoms with van der Waals surface area (Å²) in [4.78, 5) is 24.9. The fourth-order valence-electron chi connectivity index (χ4n) is 2.33. The molecule has 1 aliphatic heterocycles. The molecule has 1 heterocycles. The van der Waals surface area contributed by atoms with Gasteiger partial charge in [-0.3, -0.25) is 9.59 Å². The van der Waals surface area contributed by atoms with Gasteiger partial charge in [-0.1, -0.05) is 24.3 Å². The van der Waals surface area contributed by atoms with Gasteiger partial charge in [-0.15, -0.1) is 0 Å². The molecule has 2 aromatic rings.